The van der Waals surface area contributed by atoms with Gasteiger partial charge in [-0.25, -0.2) is 4.98 Å². The zero-order valence-corrected chi connectivity index (χ0v) is 9.91. The van der Waals surface area contributed by atoms with Gasteiger partial charge in [0.25, 0.3) is 0 Å². The summed E-state index contributed by atoms with van der Waals surface area (Å²) in [4.78, 5) is 3.84. The van der Waals surface area contributed by atoms with Crippen molar-refractivity contribution in [2.75, 3.05) is 5.32 Å². The van der Waals surface area contributed by atoms with E-state index in [4.69, 9.17) is 0 Å². The lowest BCUT2D eigenvalue weighted by atomic mass is 9.80. The van der Waals surface area contributed by atoms with Crippen molar-refractivity contribution in [3.05, 3.63) is 24.1 Å². The third-order valence-electron chi connectivity index (χ3n) is 3.48. The van der Waals surface area contributed by atoms with E-state index in [9.17, 15) is 4.39 Å². The van der Waals surface area contributed by atoms with E-state index in [1.807, 2.05) is 6.07 Å². The van der Waals surface area contributed by atoms with E-state index in [-0.39, 0.29) is 0 Å². The lowest BCUT2D eigenvalue weighted by Gasteiger charge is -2.33. The summed E-state index contributed by atoms with van der Waals surface area (Å²) in [6.45, 7) is 4.56. The third kappa shape index (κ3) is 2.71. The van der Waals surface area contributed by atoms with Crippen molar-refractivity contribution in [2.45, 2.75) is 39.2 Å². The minimum Gasteiger partial charge on any atom is -0.367 e. The van der Waals surface area contributed by atoms with Crippen LogP contribution >= 0.6 is 0 Å². The van der Waals surface area contributed by atoms with Crippen LogP contribution in [0.15, 0.2) is 18.2 Å². The molecule has 0 bridgehead atoms. The average molecular weight is 222 g/mol. The molecule has 0 amide bonds. The molecule has 88 valence electrons. The minimum atomic E-state index is -0.415. The molecule has 1 aliphatic rings. The van der Waals surface area contributed by atoms with Gasteiger partial charge in [-0.1, -0.05) is 19.9 Å². The number of pyridine rings is 1. The summed E-state index contributed by atoms with van der Waals surface area (Å²) in [5.74, 6) is 1.69. The number of halogens is 1. The molecule has 3 heteroatoms. The lowest BCUT2D eigenvalue weighted by Crippen LogP contribution is -2.33. The van der Waals surface area contributed by atoms with Crippen LogP contribution in [0, 0.1) is 17.8 Å². The molecule has 1 N–H and O–H groups in total. The molecule has 1 heterocycles. The van der Waals surface area contributed by atoms with Crippen molar-refractivity contribution in [1.82, 2.24) is 4.98 Å². The lowest BCUT2D eigenvalue weighted by molar-refractivity contribution is 0.276. The minimum absolute atomic E-state index is 0.415. The van der Waals surface area contributed by atoms with Gasteiger partial charge < -0.3 is 5.32 Å². The zero-order valence-electron chi connectivity index (χ0n) is 9.91. The Morgan fingerprint density at radius 1 is 1.31 bits per heavy atom. The van der Waals surface area contributed by atoms with E-state index in [1.165, 1.54) is 18.9 Å². The highest BCUT2D eigenvalue weighted by molar-refractivity contribution is 5.35. The van der Waals surface area contributed by atoms with Gasteiger partial charge in [0.05, 0.1) is 0 Å². The predicted molar refractivity (Wildman–Crippen MR) is 63.8 cm³/mol. The molecule has 0 spiro atoms. The van der Waals surface area contributed by atoms with E-state index < -0.39 is 5.95 Å². The summed E-state index contributed by atoms with van der Waals surface area (Å²) in [5.41, 5.74) is 0. The maximum atomic E-state index is 12.9. The van der Waals surface area contributed by atoms with E-state index >= 15 is 0 Å². The van der Waals surface area contributed by atoms with Gasteiger partial charge >= 0.3 is 0 Å². The molecule has 1 aromatic heterocycles. The summed E-state index contributed by atoms with van der Waals surface area (Å²) in [7, 11) is 0. The molecule has 2 rings (SSSR count). The van der Waals surface area contributed by atoms with E-state index in [1.54, 1.807) is 6.07 Å². The Balaban J connectivity index is 1.99. The van der Waals surface area contributed by atoms with Gasteiger partial charge in [0.2, 0.25) is 5.95 Å². The maximum Gasteiger partial charge on any atom is 0.214 e. The van der Waals surface area contributed by atoms with E-state index in [2.05, 4.69) is 24.1 Å². The number of nitrogens with zero attached hydrogens (tertiary/aromatic N) is 1. The largest absolute Gasteiger partial charge is 0.367 e. The van der Waals surface area contributed by atoms with Crippen LogP contribution < -0.4 is 5.32 Å². The maximum absolute atomic E-state index is 12.9. The summed E-state index contributed by atoms with van der Waals surface area (Å²) in [5, 5.41) is 3.34. The van der Waals surface area contributed by atoms with Crippen molar-refractivity contribution in [1.29, 1.82) is 0 Å². The first-order valence-corrected chi connectivity index (χ1v) is 6.04. The molecule has 0 saturated heterocycles. The number of hydrogen-bond acceptors (Lipinski definition) is 2. The van der Waals surface area contributed by atoms with Crippen molar-refractivity contribution in [2.24, 2.45) is 11.8 Å². The Morgan fingerprint density at radius 2 is 2.12 bits per heavy atom. The third-order valence-corrected chi connectivity index (χ3v) is 3.48. The molecule has 1 saturated carbocycles. The molecule has 0 aliphatic heterocycles. The predicted octanol–water partition coefficient (Wildman–Crippen LogP) is 3.46. The molecule has 1 aliphatic carbocycles. The molecular formula is C13H19FN2. The number of anilines is 1. The first-order chi connectivity index (χ1) is 7.65. The highest BCUT2D eigenvalue weighted by Gasteiger charge is 2.25. The van der Waals surface area contributed by atoms with E-state index in [0.717, 1.165) is 12.3 Å². The van der Waals surface area contributed by atoms with Crippen molar-refractivity contribution >= 4 is 5.82 Å². The smallest absolute Gasteiger partial charge is 0.214 e. The summed E-state index contributed by atoms with van der Waals surface area (Å²) < 4.78 is 12.9. The molecule has 1 aromatic rings. The van der Waals surface area contributed by atoms with Crippen LogP contribution in [0.4, 0.5) is 10.2 Å². The number of aromatic nitrogens is 1. The van der Waals surface area contributed by atoms with Gasteiger partial charge in [-0.3, -0.25) is 0 Å². The first kappa shape index (κ1) is 11.4. The van der Waals surface area contributed by atoms with E-state index in [0.29, 0.717) is 17.8 Å². The summed E-state index contributed by atoms with van der Waals surface area (Å²) in [6.07, 6.45) is 3.64. The standard InChI is InChI=1S/C13H19FN2/c1-9-6-7-11(10(2)8-9)15-13-5-3-4-12(14)16-13/h3-5,9-11H,6-8H2,1-2H3,(H,15,16). The molecule has 0 aromatic carbocycles. The molecule has 3 atom stereocenters. The summed E-state index contributed by atoms with van der Waals surface area (Å²) >= 11 is 0. The Bertz CT molecular complexity index is 354. The Labute approximate surface area is 96.3 Å². The number of hydrogen-bond donors (Lipinski definition) is 1. The molecule has 16 heavy (non-hydrogen) atoms. The molecule has 2 nitrogen and oxygen atoms in total. The Hall–Kier alpha value is -1.12. The normalized spacial score (nSPS) is 30.1. The SMILES string of the molecule is CC1CCC(Nc2cccc(F)n2)C(C)C1. The first-order valence-electron chi connectivity index (χ1n) is 6.04. The van der Waals surface area contributed by atoms with Gasteiger partial charge in [0.15, 0.2) is 0 Å². The highest BCUT2D eigenvalue weighted by atomic mass is 19.1. The van der Waals surface area contributed by atoms with Crippen LogP contribution in [0.1, 0.15) is 33.1 Å². The van der Waals surface area contributed by atoms with Gasteiger partial charge in [-0.05, 0) is 43.2 Å². The second-order valence-electron chi connectivity index (χ2n) is 4.99. The summed E-state index contributed by atoms with van der Waals surface area (Å²) in [6, 6.07) is 5.33. The highest BCUT2D eigenvalue weighted by Crippen LogP contribution is 2.30. The fraction of sp³-hybridized carbons (Fsp3) is 0.615. The average Bonchev–Trinajstić information content (AvgIpc) is 2.22. The van der Waals surface area contributed by atoms with Gasteiger partial charge in [0, 0.05) is 6.04 Å². The van der Waals surface area contributed by atoms with Crippen LogP contribution in [-0.2, 0) is 0 Å². The van der Waals surface area contributed by atoms with Crippen molar-refractivity contribution in [3.63, 3.8) is 0 Å². The number of nitrogens with one attached hydrogen (secondary N) is 1. The van der Waals surface area contributed by atoms with Crippen LogP contribution in [0.2, 0.25) is 0 Å². The van der Waals surface area contributed by atoms with Gasteiger partial charge in [0.1, 0.15) is 5.82 Å². The van der Waals surface area contributed by atoms with Crippen molar-refractivity contribution in [3.8, 4) is 0 Å². The number of rotatable bonds is 2. The monoisotopic (exact) mass is 222 g/mol. The zero-order chi connectivity index (χ0) is 11.5. The van der Waals surface area contributed by atoms with Crippen LogP contribution in [0.3, 0.4) is 0 Å². The van der Waals surface area contributed by atoms with Crippen LogP contribution in [0.25, 0.3) is 0 Å². The van der Waals surface area contributed by atoms with Crippen molar-refractivity contribution < 1.29 is 4.39 Å². The topological polar surface area (TPSA) is 24.9 Å². The van der Waals surface area contributed by atoms with Crippen LogP contribution in [-0.4, -0.2) is 11.0 Å². The van der Waals surface area contributed by atoms with Crippen LogP contribution in [0.5, 0.6) is 0 Å². The Kier molecular flexibility index (Phi) is 3.42. The second kappa shape index (κ2) is 4.81. The second-order valence-corrected chi connectivity index (χ2v) is 4.99. The van der Waals surface area contributed by atoms with Gasteiger partial charge in [-0.15, -0.1) is 0 Å². The quantitative estimate of drug-likeness (QED) is 0.775. The fourth-order valence-electron chi connectivity index (χ4n) is 2.56. The molecule has 0 radical (unpaired) electrons. The Morgan fingerprint density at radius 3 is 2.81 bits per heavy atom. The van der Waals surface area contributed by atoms with Gasteiger partial charge in [-0.2, -0.15) is 4.39 Å². The molecule has 3 unspecified atom stereocenters. The fourth-order valence-corrected chi connectivity index (χ4v) is 2.56. The molecule has 1 fully saturated rings. The molecular weight excluding hydrogens is 203 g/mol.